The average molecular weight is 375 g/mol. The van der Waals surface area contributed by atoms with E-state index in [2.05, 4.69) is 25.8 Å². The summed E-state index contributed by atoms with van der Waals surface area (Å²) in [7, 11) is 2.00. The van der Waals surface area contributed by atoms with Gasteiger partial charge in [-0.1, -0.05) is 15.9 Å². The fourth-order valence-corrected chi connectivity index (χ4v) is 3.02. The van der Waals surface area contributed by atoms with Crippen LogP contribution in [0.25, 0.3) is 10.9 Å². The molecule has 23 heavy (non-hydrogen) atoms. The Labute approximate surface area is 142 Å². The molecule has 0 bridgehead atoms. The van der Waals surface area contributed by atoms with Gasteiger partial charge in [0, 0.05) is 33.7 Å². The monoisotopic (exact) mass is 374 g/mol. The number of benzene rings is 2. The predicted molar refractivity (Wildman–Crippen MR) is 94.4 cm³/mol. The average Bonchev–Trinajstić information content (AvgIpc) is 2.74. The predicted octanol–water partition coefficient (Wildman–Crippen LogP) is 4.95. The summed E-state index contributed by atoms with van der Waals surface area (Å²) in [5.74, 6) is -0.797. The first-order chi connectivity index (χ1) is 10.9. The molecule has 0 saturated heterocycles. The third-order valence-corrected chi connectivity index (χ3v) is 4.74. The van der Waals surface area contributed by atoms with Crippen molar-refractivity contribution in [2.24, 2.45) is 7.05 Å². The zero-order valence-electron chi connectivity index (χ0n) is 13.1. The zero-order chi connectivity index (χ0) is 16.7. The van der Waals surface area contributed by atoms with Gasteiger partial charge in [-0.25, -0.2) is 4.39 Å². The van der Waals surface area contributed by atoms with E-state index in [1.807, 2.05) is 33.0 Å². The van der Waals surface area contributed by atoms with Crippen LogP contribution in [0.1, 0.15) is 21.6 Å². The molecule has 3 rings (SSSR count). The smallest absolute Gasteiger partial charge is 0.255 e. The summed E-state index contributed by atoms with van der Waals surface area (Å²) in [5, 5.41) is 3.65. The number of nitrogens with zero attached hydrogens (tertiary/aromatic N) is 1. The van der Waals surface area contributed by atoms with Gasteiger partial charge in [0.25, 0.3) is 5.91 Å². The highest BCUT2D eigenvalue weighted by atomic mass is 79.9. The Kier molecular flexibility index (Phi) is 3.98. The molecule has 2 aromatic carbocycles. The molecule has 0 atom stereocenters. The van der Waals surface area contributed by atoms with Crippen LogP contribution in [-0.4, -0.2) is 10.5 Å². The van der Waals surface area contributed by atoms with Gasteiger partial charge in [0.05, 0.1) is 5.69 Å². The maximum Gasteiger partial charge on any atom is 0.255 e. The zero-order valence-corrected chi connectivity index (χ0v) is 14.7. The summed E-state index contributed by atoms with van der Waals surface area (Å²) in [5.41, 5.74) is 4.06. The Balaban J connectivity index is 1.96. The summed E-state index contributed by atoms with van der Waals surface area (Å²) >= 11 is 3.20. The number of halogens is 2. The lowest BCUT2D eigenvalue weighted by atomic mass is 10.1. The Morgan fingerprint density at radius 1 is 1.17 bits per heavy atom. The van der Waals surface area contributed by atoms with Crippen LogP contribution >= 0.6 is 15.9 Å². The molecule has 0 spiro atoms. The Bertz CT molecular complexity index is 930. The number of fused-ring (bicyclic) bond motifs is 1. The van der Waals surface area contributed by atoms with Crippen molar-refractivity contribution in [3.8, 4) is 0 Å². The topological polar surface area (TPSA) is 34.0 Å². The first-order valence-corrected chi connectivity index (χ1v) is 8.00. The second-order valence-electron chi connectivity index (χ2n) is 5.58. The van der Waals surface area contributed by atoms with E-state index in [0.29, 0.717) is 10.0 Å². The Hall–Kier alpha value is -2.14. The quantitative estimate of drug-likeness (QED) is 0.676. The molecule has 0 fully saturated rings. The van der Waals surface area contributed by atoms with E-state index in [9.17, 15) is 9.18 Å². The van der Waals surface area contributed by atoms with Gasteiger partial charge in [0.1, 0.15) is 5.82 Å². The molecule has 3 aromatic rings. The molecule has 1 N–H and O–H groups in total. The minimum atomic E-state index is -0.472. The number of carbonyl (C=O) groups is 1. The van der Waals surface area contributed by atoms with Crippen molar-refractivity contribution in [3.63, 3.8) is 0 Å². The molecule has 3 nitrogen and oxygen atoms in total. The van der Waals surface area contributed by atoms with Crippen LogP contribution in [0, 0.1) is 19.7 Å². The van der Waals surface area contributed by atoms with Crippen LogP contribution in [0.5, 0.6) is 0 Å². The van der Waals surface area contributed by atoms with Crippen LogP contribution in [-0.2, 0) is 7.05 Å². The first kappa shape index (κ1) is 15.7. The molecule has 0 radical (unpaired) electrons. The molecule has 5 heteroatoms. The summed E-state index contributed by atoms with van der Waals surface area (Å²) in [4.78, 5) is 12.4. The van der Waals surface area contributed by atoms with Gasteiger partial charge >= 0.3 is 0 Å². The van der Waals surface area contributed by atoms with Crippen molar-refractivity contribution in [1.29, 1.82) is 0 Å². The fourth-order valence-electron chi connectivity index (χ4n) is 2.68. The number of nitrogens with one attached hydrogen (secondary N) is 1. The Morgan fingerprint density at radius 3 is 2.61 bits per heavy atom. The SMILES string of the molecule is Cc1c(C)n(C)c2ccc(C(=O)Nc3ccc(Br)cc3F)cc12. The van der Waals surface area contributed by atoms with E-state index >= 15 is 0 Å². The first-order valence-electron chi connectivity index (χ1n) is 7.20. The van der Waals surface area contributed by atoms with Crippen molar-refractivity contribution in [2.75, 3.05) is 5.32 Å². The largest absolute Gasteiger partial charge is 0.348 e. The van der Waals surface area contributed by atoms with E-state index in [1.165, 1.54) is 12.1 Å². The van der Waals surface area contributed by atoms with Crippen LogP contribution in [0.3, 0.4) is 0 Å². The second kappa shape index (κ2) is 5.81. The number of carbonyl (C=O) groups excluding carboxylic acids is 1. The van der Waals surface area contributed by atoms with Crippen LogP contribution < -0.4 is 5.32 Å². The molecule has 0 aliphatic carbocycles. The Morgan fingerprint density at radius 2 is 1.91 bits per heavy atom. The summed E-state index contributed by atoms with van der Waals surface area (Å²) in [6.45, 7) is 4.08. The summed E-state index contributed by atoms with van der Waals surface area (Å²) < 4.78 is 16.6. The maximum atomic E-state index is 13.9. The van der Waals surface area contributed by atoms with Gasteiger partial charge in [-0.15, -0.1) is 0 Å². The third kappa shape index (κ3) is 2.77. The number of hydrogen-bond acceptors (Lipinski definition) is 1. The van der Waals surface area contributed by atoms with E-state index < -0.39 is 5.82 Å². The van der Waals surface area contributed by atoms with Gasteiger partial charge in [-0.05, 0) is 55.8 Å². The number of rotatable bonds is 2. The van der Waals surface area contributed by atoms with Gasteiger partial charge in [-0.3, -0.25) is 4.79 Å². The fraction of sp³-hybridized carbons (Fsp3) is 0.167. The van der Waals surface area contributed by atoms with Crippen molar-refractivity contribution in [2.45, 2.75) is 13.8 Å². The molecular formula is C18H16BrFN2O. The number of anilines is 1. The minimum absolute atomic E-state index is 0.166. The molecule has 0 aliphatic heterocycles. The summed E-state index contributed by atoms with van der Waals surface area (Å²) in [6.07, 6.45) is 0. The standard InChI is InChI=1S/C18H16BrFN2O/c1-10-11(2)22(3)17-7-4-12(8-14(10)17)18(23)21-16-6-5-13(19)9-15(16)20/h4-9H,1-3H3,(H,21,23). The van der Waals surface area contributed by atoms with E-state index in [4.69, 9.17) is 0 Å². The number of aromatic nitrogens is 1. The molecule has 0 aliphatic rings. The molecular weight excluding hydrogens is 359 g/mol. The van der Waals surface area contributed by atoms with Crippen molar-refractivity contribution in [3.05, 3.63) is 63.5 Å². The van der Waals surface area contributed by atoms with Crippen molar-refractivity contribution in [1.82, 2.24) is 4.57 Å². The number of amides is 1. The van der Waals surface area contributed by atoms with Crippen molar-refractivity contribution >= 4 is 38.4 Å². The van der Waals surface area contributed by atoms with E-state index in [1.54, 1.807) is 12.1 Å². The lowest BCUT2D eigenvalue weighted by Crippen LogP contribution is -2.12. The third-order valence-electron chi connectivity index (χ3n) is 4.25. The number of hydrogen-bond donors (Lipinski definition) is 1. The molecule has 1 heterocycles. The van der Waals surface area contributed by atoms with Crippen LogP contribution in [0.4, 0.5) is 10.1 Å². The lowest BCUT2D eigenvalue weighted by molar-refractivity contribution is 0.102. The minimum Gasteiger partial charge on any atom is -0.348 e. The highest BCUT2D eigenvalue weighted by Crippen LogP contribution is 2.26. The molecule has 0 saturated carbocycles. The second-order valence-corrected chi connectivity index (χ2v) is 6.50. The van der Waals surface area contributed by atoms with Gasteiger partial charge in [0.2, 0.25) is 0 Å². The van der Waals surface area contributed by atoms with E-state index in [0.717, 1.165) is 22.2 Å². The normalized spacial score (nSPS) is 11.0. The van der Waals surface area contributed by atoms with Gasteiger partial charge in [0.15, 0.2) is 0 Å². The molecule has 1 aromatic heterocycles. The lowest BCUT2D eigenvalue weighted by Gasteiger charge is -2.07. The van der Waals surface area contributed by atoms with Gasteiger partial charge < -0.3 is 9.88 Å². The van der Waals surface area contributed by atoms with Crippen LogP contribution in [0.2, 0.25) is 0 Å². The maximum absolute atomic E-state index is 13.9. The van der Waals surface area contributed by atoms with Crippen LogP contribution in [0.15, 0.2) is 40.9 Å². The molecule has 0 unspecified atom stereocenters. The molecule has 118 valence electrons. The van der Waals surface area contributed by atoms with Crippen molar-refractivity contribution < 1.29 is 9.18 Å². The van der Waals surface area contributed by atoms with Gasteiger partial charge in [-0.2, -0.15) is 0 Å². The summed E-state index contributed by atoms with van der Waals surface area (Å²) in [6, 6.07) is 10.1. The molecule has 1 amide bonds. The highest BCUT2D eigenvalue weighted by Gasteiger charge is 2.13. The highest BCUT2D eigenvalue weighted by molar-refractivity contribution is 9.10. The number of aryl methyl sites for hydroxylation is 2. The van der Waals surface area contributed by atoms with E-state index in [-0.39, 0.29) is 11.6 Å².